The number of rotatable bonds is 4. The number of hydrogen-bond acceptors (Lipinski definition) is 1. The predicted octanol–water partition coefficient (Wildman–Crippen LogP) is 2.16. The molecule has 0 aliphatic carbocycles. The van der Waals surface area contributed by atoms with Crippen LogP contribution in [0.3, 0.4) is 0 Å². The maximum absolute atomic E-state index is 5.09. The van der Waals surface area contributed by atoms with E-state index in [-0.39, 0.29) is 0 Å². The quantitative estimate of drug-likeness (QED) is 0.518. The molecule has 0 N–H and O–H groups in total. The van der Waals surface area contributed by atoms with Gasteiger partial charge in [0.25, 0.3) is 0 Å². The smallest absolute Gasteiger partial charge is 0.170 e. The molecule has 0 saturated carbocycles. The summed E-state index contributed by atoms with van der Waals surface area (Å²) in [5, 5.41) is 0. The molecule has 0 rings (SSSR count). The minimum atomic E-state index is 0.750. The van der Waals surface area contributed by atoms with Gasteiger partial charge in [0.15, 0.2) is 6.07 Å². The van der Waals surface area contributed by atoms with Crippen LogP contribution in [0.1, 0.15) is 19.8 Å². The molecule has 2 heteroatoms. The molecule has 0 unspecified atom stereocenters. The van der Waals surface area contributed by atoms with Crippen molar-refractivity contribution in [2.75, 3.05) is 6.61 Å². The van der Waals surface area contributed by atoms with Crippen molar-refractivity contribution in [3.63, 3.8) is 0 Å². The summed E-state index contributed by atoms with van der Waals surface area (Å²) in [5.41, 5.74) is 0. The third-order valence-electron chi connectivity index (χ3n) is 0.679. The summed E-state index contributed by atoms with van der Waals surface area (Å²) in [6.45, 7) is 2.86. The van der Waals surface area contributed by atoms with E-state index < -0.39 is 0 Å². The van der Waals surface area contributed by atoms with Crippen molar-refractivity contribution in [2.24, 2.45) is 0 Å². The highest BCUT2D eigenvalue weighted by molar-refractivity contribution is 6.22. The fourth-order valence-corrected chi connectivity index (χ4v) is 0.361. The predicted molar refractivity (Wildman–Crippen MR) is 31.0 cm³/mol. The highest BCUT2D eigenvalue weighted by atomic mass is 35.5. The van der Waals surface area contributed by atoms with E-state index >= 15 is 0 Å². The van der Waals surface area contributed by atoms with E-state index in [9.17, 15) is 0 Å². The Balaban J connectivity index is 2.45. The van der Waals surface area contributed by atoms with Crippen molar-refractivity contribution in [1.29, 1.82) is 0 Å². The van der Waals surface area contributed by atoms with Crippen molar-refractivity contribution < 1.29 is 4.74 Å². The first-order valence-electron chi connectivity index (χ1n) is 2.45. The van der Waals surface area contributed by atoms with Crippen molar-refractivity contribution in [2.45, 2.75) is 19.8 Å². The molecule has 0 aromatic carbocycles. The molecule has 0 atom stereocenters. The molecule has 7 heavy (non-hydrogen) atoms. The van der Waals surface area contributed by atoms with Crippen LogP contribution in [0.25, 0.3) is 0 Å². The summed E-state index contributed by atoms with van der Waals surface area (Å²) in [6.07, 6.45) is 2.24. The lowest BCUT2D eigenvalue weighted by atomic mass is 10.4. The fourth-order valence-electron chi connectivity index (χ4n) is 0.272. The van der Waals surface area contributed by atoms with Gasteiger partial charge in [0.05, 0.1) is 0 Å². The largest absolute Gasteiger partial charge is 0.358 e. The summed E-state index contributed by atoms with van der Waals surface area (Å²) < 4.78 is 4.71. The molecule has 0 aliphatic rings. The number of hydrogen-bond donors (Lipinski definition) is 0. The third kappa shape index (κ3) is 6.25. The number of halogens is 1. The zero-order valence-corrected chi connectivity index (χ0v) is 5.24. The van der Waals surface area contributed by atoms with E-state index in [2.05, 4.69) is 6.92 Å². The van der Waals surface area contributed by atoms with Crippen LogP contribution in [0.2, 0.25) is 0 Å². The molecular weight excluding hydrogens is 112 g/mol. The Labute approximate surface area is 49.6 Å². The Morgan fingerprint density at radius 2 is 2.43 bits per heavy atom. The molecule has 1 nitrogen and oxygen atoms in total. The van der Waals surface area contributed by atoms with E-state index in [1.54, 1.807) is 0 Å². The van der Waals surface area contributed by atoms with Gasteiger partial charge in [0.1, 0.15) is 0 Å². The zero-order chi connectivity index (χ0) is 5.54. The molecule has 0 aromatic heterocycles. The first-order chi connectivity index (χ1) is 3.41. The Morgan fingerprint density at radius 1 is 1.71 bits per heavy atom. The summed E-state index contributed by atoms with van der Waals surface area (Å²) in [5.74, 6) is 0. The van der Waals surface area contributed by atoms with Crippen molar-refractivity contribution >= 4 is 11.6 Å². The van der Waals surface area contributed by atoms with Crippen LogP contribution in [0.4, 0.5) is 0 Å². The van der Waals surface area contributed by atoms with Crippen LogP contribution in [-0.2, 0) is 4.74 Å². The van der Waals surface area contributed by atoms with Crippen molar-refractivity contribution in [3.8, 4) is 0 Å². The van der Waals surface area contributed by atoms with Gasteiger partial charge in [-0.3, -0.25) is 0 Å². The molecule has 0 amide bonds. The second-order valence-corrected chi connectivity index (χ2v) is 1.49. The summed E-state index contributed by atoms with van der Waals surface area (Å²) >= 11 is 5.09. The Morgan fingerprint density at radius 3 is 2.86 bits per heavy atom. The van der Waals surface area contributed by atoms with Gasteiger partial charge in [-0.05, 0) is 6.42 Å². The molecule has 43 valence electrons. The SMILES string of the molecule is CCCCO[CH]Cl. The van der Waals surface area contributed by atoms with Crippen LogP contribution in [0.5, 0.6) is 0 Å². The number of unbranched alkanes of at least 4 members (excludes halogenated alkanes) is 1. The van der Waals surface area contributed by atoms with Gasteiger partial charge < -0.3 is 4.74 Å². The fraction of sp³-hybridized carbons (Fsp3) is 0.800. The van der Waals surface area contributed by atoms with Crippen molar-refractivity contribution in [3.05, 3.63) is 6.07 Å². The van der Waals surface area contributed by atoms with Gasteiger partial charge in [0, 0.05) is 6.61 Å². The van der Waals surface area contributed by atoms with Crippen LogP contribution in [0.15, 0.2) is 0 Å². The van der Waals surface area contributed by atoms with Gasteiger partial charge in [-0.25, -0.2) is 0 Å². The van der Waals surface area contributed by atoms with E-state index in [1.807, 2.05) is 0 Å². The van der Waals surface area contributed by atoms with E-state index in [0.29, 0.717) is 0 Å². The molecule has 0 heterocycles. The van der Waals surface area contributed by atoms with E-state index in [1.165, 1.54) is 6.07 Å². The van der Waals surface area contributed by atoms with Gasteiger partial charge in [0.2, 0.25) is 0 Å². The van der Waals surface area contributed by atoms with Gasteiger partial charge in [-0.1, -0.05) is 24.9 Å². The zero-order valence-electron chi connectivity index (χ0n) is 4.48. The van der Waals surface area contributed by atoms with E-state index in [4.69, 9.17) is 16.3 Å². The monoisotopic (exact) mass is 121 g/mol. The Bertz CT molecular complexity index is 27.3. The highest BCUT2D eigenvalue weighted by Gasteiger charge is 1.80. The summed E-state index contributed by atoms with van der Waals surface area (Å²) in [4.78, 5) is 0. The Kier molecular flexibility index (Phi) is 6.47. The minimum Gasteiger partial charge on any atom is -0.358 e. The molecule has 0 fully saturated rings. The standard InChI is InChI=1S/C5H10ClO/c1-2-3-4-7-5-6/h5H,2-4H2,1H3. The lowest BCUT2D eigenvalue weighted by molar-refractivity contribution is 0.223. The topological polar surface area (TPSA) is 9.23 Å². The van der Waals surface area contributed by atoms with Crippen LogP contribution >= 0.6 is 11.6 Å². The van der Waals surface area contributed by atoms with Gasteiger partial charge >= 0.3 is 0 Å². The first-order valence-corrected chi connectivity index (χ1v) is 2.89. The first kappa shape index (κ1) is 7.25. The normalized spacial score (nSPS) is 9.43. The van der Waals surface area contributed by atoms with Crippen LogP contribution < -0.4 is 0 Å². The average molecular weight is 122 g/mol. The molecule has 0 bridgehead atoms. The number of ether oxygens (including phenoxy) is 1. The Hall–Kier alpha value is 0.250. The summed E-state index contributed by atoms with van der Waals surface area (Å²) in [7, 11) is 0. The molecule has 0 aliphatic heterocycles. The second-order valence-electron chi connectivity index (χ2n) is 1.31. The van der Waals surface area contributed by atoms with Crippen LogP contribution in [0, 0.1) is 6.07 Å². The lowest BCUT2D eigenvalue weighted by Crippen LogP contribution is -1.85. The van der Waals surface area contributed by atoms with Gasteiger partial charge in [-0.2, -0.15) is 0 Å². The molecule has 0 spiro atoms. The summed E-state index contributed by atoms with van der Waals surface area (Å²) in [6, 6.07) is 1.20. The maximum atomic E-state index is 5.09. The average Bonchev–Trinajstić information content (AvgIpc) is 1.69. The lowest BCUT2D eigenvalue weighted by Gasteiger charge is -1.92. The molecule has 0 saturated heterocycles. The van der Waals surface area contributed by atoms with Crippen LogP contribution in [-0.4, -0.2) is 6.61 Å². The van der Waals surface area contributed by atoms with Crippen molar-refractivity contribution in [1.82, 2.24) is 0 Å². The van der Waals surface area contributed by atoms with E-state index in [0.717, 1.165) is 19.4 Å². The molecule has 1 radical (unpaired) electrons. The third-order valence-corrected chi connectivity index (χ3v) is 0.805. The maximum Gasteiger partial charge on any atom is 0.170 e. The molecule has 0 aromatic rings. The minimum absolute atomic E-state index is 0.750. The van der Waals surface area contributed by atoms with Gasteiger partial charge in [-0.15, -0.1) is 0 Å². The highest BCUT2D eigenvalue weighted by Crippen LogP contribution is 1.91. The molecular formula is C5H10ClO. The second kappa shape index (κ2) is 6.25.